The Hall–Kier alpha value is -0.550. The Morgan fingerprint density at radius 2 is 2.13 bits per heavy atom. The maximum absolute atomic E-state index is 11.1. The van der Waals surface area contributed by atoms with E-state index < -0.39 is 9.05 Å². The van der Waals surface area contributed by atoms with Crippen molar-refractivity contribution in [3.05, 3.63) is 11.9 Å². The van der Waals surface area contributed by atoms with Gasteiger partial charge in [0.15, 0.2) is 0 Å². The molecule has 0 saturated heterocycles. The molecule has 0 bridgehead atoms. The number of aryl methyl sites for hydroxylation is 2. The summed E-state index contributed by atoms with van der Waals surface area (Å²) in [6.07, 6.45) is 2.45. The molecular weight excluding hydrogens is 236 g/mol. The van der Waals surface area contributed by atoms with E-state index in [2.05, 4.69) is 18.9 Å². The molecule has 0 radical (unpaired) electrons. The molecule has 0 spiro atoms. The second-order valence-corrected chi connectivity index (χ2v) is 6.50. The van der Waals surface area contributed by atoms with Gasteiger partial charge in [-0.2, -0.15) is 5.10 Å². The molecule has 1 aromatic rings. The van der Waals surface area contributed by atoms with Gasteiger partial charge < -0.3 is 0 Å². The molecule has 0 aromatic carbocycles. The van der Waals surface area contributed by atoms with Crippen molar-refractivity contribution in [1.29, 1.82) is 0 Å². The lowest BCUT2D eigenvalue weighted by Gasteiger charge is -2.03. The van der Waals surface area contributed by atoms with Gasteiger partial charge in [-0.3, -0.25) is 4.68 Å². The van der Waals surface area contributed by atoms with Crippen LogP contribution in [-0.4, -0.2) is 18.2 Å². The fourth-order valence-corrected chi connectivity index (χ4v) is 2.34. The van der Waals surface area contributed by atoms with Crippen LogP contribution < -0.4 is 0 Å². The minimum Gasteiger partial charge on any atom is -0.271 e. The highest BCUT2D eigenvalue weighted by atomic mass is 35.7. The molecule has 0 aliphatic carbocycles. The highest BCUT2D eigenvalue weighted by molar-refractivity contribution is 8.13. The summed E-state index contributed by atoms with van der Waals surface area (Å²) in [4.78, 5) is 0.105. The Morgan fingerprint density at radius 1 is 1.53 bits per heavy atom. The average Bonchev–Trinajstić information content (AvgIpc) is 2.42. The van der Waals surface area contributed by atoms with Crippen molar-refractivity contribution >= 4 is 19.7 Å². The van der Waals surface area contributed by atoms with Crippen LogP contribution in [0.5, 0.6) is 0 Å². The van der Waals surface area contributed by atoms with Gasteiger partial charge in [-0.1, -0.05) is 13.8 Å². The monoisotopic (exact) mass is 250 g/mol. The van der Waals surface area contributed by atoms with E-state index in [1.165, 1.54) is 6.20 Å². The van der Waals surface area contributed by atoms with Crippen molar-refractivity contribution in [2.75, 3.05) is 0 Å². The molecule has 0 aliphatic rings. The maximum Gasteiger partial charge on any atom is 0.264 e. The van der Waals surface area contributed by atoms with Gasteiger partial charge in [0.1, 0.15) is 4.90 Å². The van der Waals surface area contributed by atoms with Gasteiger partial charge in [-0.05, 0) is 19.3 Å². The van der Waals surface area contributed by atoms with Gasteiger partial charge in [-0.15, -0.1) is 0 Å². The lowest BCUT2D eigenvalue weighted by atomic mass is 10.1. The van der Waals surface area contributed by atoms with E-state index in [4.69, 9.17) is 10.7 Å². The number of hydrogen-bond acceptors (Lipinski definition) is 3. The highest BCUT2D eigenvalue weighted by Crippen LogP contribution is 2.18. The molecule has 0 aliphatic heterocycles. The minimum absolute atomic E-state index is 0.105. The third kappa shape index (κ3) is 3.50. The Morgan fingerprint density at radius 3 is 2.53 bits per heavy atom. The molecule has 0 N–H and O–H groups in total. The number of aromatic nitrogens is 2. The summed E-state index contributed by atoms with van der Waals surface area (Å²) < 4.78 is 23.9. The van der Waals surface area contributed by atoms with Crippen LogP contribution in [0.4, 0.5) is 0 Å². The standard InChI is InChI=1S/C9H15ClN2O2S/c1-7(2)4-5-12-6-9(8(3)11-12)15(10,13)14/h6-7H,4-5H2,1-3H3. The topological polar surface area (TPSA) is 52.0 Å². The summed E-state index contributed by atoms with van der Waals surface area (Å²) in [5.41, 5.74) is 0.453. The van der Waals surface area contributed by atoms with E-state index in [0.29, 0.717) is 18.2 Å². The predicted octanol–water partition coefficient (Wildman–Crippen LogP) is 2.17. The van der Waals surface area contributed by atoms with E-state index in [0.717, 1.165) is 6.42 Å². The molecule has 15 heavy (non-hydrogen) atoms. The number of halogens is 1. The zero-order valence-corrected chi connectivity index (χ0v) is 10.6. The van der Waals surface area contributed by atoms with Gasteiger partial charge >= 0.3 is 0 Å². The Balaban J connectivity index is 2.87. The lowest BCUT2D eigenvalue weighted by Crippen LogP contribution is -2.01. The summed E-state index contributed by atoms with van der Waals surface area (Å²) in [5.74, 6) is 0.561. The first-order chi connectivity index (χ1) is 6.80. The van der Waals surface area contributed by atoms with Crippen molar-refractivity contribution in [1.82, 2.24) is 9.78 Å². The van der Waals surface area contributed by atoms with Crippen LogP contribution in [0.15, 0.2) is 11.1 Å². The number of nitrogens with zero attached hydrogens (tertiary/aromatic N) is 2. The summed E-state index contributed by atoms with van der Waals surface area (Å²) in [6.45, 7) is 6.57. The van der Waals surface area contributed by atoms with Crippen molar-refractivity contribution in [2.24, 2.45) is 5.92 Å². The molecule has 1 heterocycles. The summed E-state index contributed by atoms with van der Waals surface area (Å²) in [6, 6.07) is 0. The zero-order chi connectivity index (χ0) is 11.6. The van der Waals surface area contributed by atoms with Crippen molar-refractivity contribution < 1.29 is 8.42 Å². The van der Waals surface area contributed by atoms with Gasteiger partial charge in [0.05, 0.1) is 5.69 Å². The fraction of sp³-hybridized carbons (Fsp3) is 0.667. The van der Waals surface area contributed by atoms with Crippen molar-refractivity contribution in [2.45, 2.75) is 38.6 Å². The van der Waals surface area contributed by atoms with Gasteiger partial charge in [0, 0.05) is 23.4 Å². The third-order valence-electron chi connectivity index (χ3n) is 2.10. The molecule has 0 fully saturated rings. The molecular formula is C9H15ClN2O2S. The van der Waals surface area contributed by atoms with Crippen LogP contribution in [0.1, 0.15) is 26.0 Å². The SMILES string of the molecule is Cc1nn(CCC(C)C)cc1S(=O)(=O)Cl. The molecule has 86 valence electrons. The van der Waals surface area contributed by atoms with Gasteiger partial charge in [0.25, 0.3) is 9.05 Å². The molecule has 1 rings (SSSR count). The molecule has 0 amide bonds. The second-order valence-electron chi connectivity index (χ2n) is 3.96. The lowest BCUT2D eigenvalue weighted by molar-refractivity contribution is 0.485. The maximum atomic E-state index is 11.1. The number of rotatable bonds is 4. The molecule has 0 atom stereocenters. The van der Waals surface area contributed by atoms with E-state index in [9.17, 15) is 8.42 Å². The van der Waals surface area contributed by atoms with Crippen molar-refractivity contribution in [3.8, 4) is 0 Å². The van der Waals surface area contributed by atoms with Crippen LogP contribution in [0, 0.1) is 12.8 Å². The molecule has 0 unspecified atom stereocenters. The number of hydrogen-bond donors (Lipinski definition) is 0. The summed E-state index contributed by atoms with van der Waals surface area (Å²) >= 11 is 0. The van der Waals surface area contributed by atoms with E-state index >= 15 is 0 Å². The first-order valence-electron chi connectivity index (χ1n) is 4.79. The first kappa shape index (κ1) is 12.5. The van der Waals surface area contributed by atoms with Crippen LogP contribution in [0.3, 0.4) is 0 Å². The first-order valence-corrected chi connectivity index (χ1v) is 7.10. The summed E-state index contributed by atoms with van der Waals surface area (Å²) in [7, 11) is 1.60. The Kier molecular flexibility index (Phi) is 3.78. The largest absolute Gasteiger partial charge is 0.271 e. The minimum atomic E-state index is -3.66. The zero-order valence-electron chi connectivity index (χ0n) is 9.07. The summed E-state index contributed by atoms with van der Waals surface area (Å²) in [5, 5.41) is 4.10. The van der Waals surface area contributed by atoms with E-state index in [-0.39, 0.29) is 4.90 Å². The van der Waals surface area contributed by atoms with Crippen LogP contribution >= 0.6 is 10.7 Å². The van der Waals surface area contributed by atoms with E-state index in [1.54, 1.807) is 11.6 Å². The predicted molar refractivity (Wildman–Crippen MR) is 59.5 cm³/mol. The Labute approximate surface area is 94.7 Å². The quantitative estimate of drug-likeness (QED) is 0.770. The van der Waals surface area contributed by atoms with Crippen LogP contribution in [-0.2, 0) is 15.6 Å². The van der Waals surface area contributed by atoms with Crippen LogP contribution in [0.2, 0.25) is 0 Å². The average molecular weight is 251 g/mol. The molecule has 0 saturated carbocycles. The second kappa shape index (κ2) is 4.53. The van der Waals surface area contributed by atoms with Crippen LogP contribution in [0.25, 0.3) is 0 Å². The smallest absolute Gasteiger partial charge is 0.264 e. The van der Waals surface area contributed by atoms with E-state index in [1.807, 2.05) is 0 Å². The fourth-order valence-electron chi connectivity index (χ4n) is 1.24. The normalized spacial score (nSPS) is 12.3. The van der Waals surface area contributed by atoms with Crippen molar-refractivity contribution in [3.63, 3.8) is 0 Å². The highest BCUT2D eigenvalue weighted by Gasteiger charge is 2.17. The van der Waals surface area contributed by atoms with Gasteiger partial charge in [-0.25, -0.2) is 8.42 Å². The molecule has 6 heteroatoms. The molecule has 1 aromatic heterocycles. The third-order valence-corrected chi connectivity index (χ3v) is 3.52. The Bertz CT molecular complexity index is 437. The van der Waals surface area contributed by atoms with Gasteiger partial charge in [0.2, 0.25) is 0 Å². The molecule has 4 nitrogen and oxygen atoms in total.